The summed E-state index contributed by atoms with van der Waals surface area (Å²) in [7, 11) is 2.78. The third-order valence-corrected chi connectivity index (χ3v) is 4.27. The summed E-state index contributed by atoms with van der Waals surface area (Å²) < 4.78 is 10.3. The number of carbonyl (C=O) groups excluding carboxylic acids is 2. The third kappa shape index (κ3) is 5.29. The second-order valence-corrected chi connectivity index (χ2v) is 6.56. The van der Waals surface area contributed by atoms with Gasteiger partial charge in [-0.15, -0.1) is 5.11 Å². The van der Waals surface area contributed by atoms with E-state index < -0.39 is 22.7 Å². The average molecular weight is 435 g/mol. The summed E-state index contributed by atoms with van der Waals surface area (Å²) in [6.07, 6.45) is 0. The molecule has 0 fully saturated rings. The van der Waals surface area contributed by atoms with Gasteiger partial charge in [0.25, 0.3) is 11.6 Å². The lowest BCUT2D eigenvalue weighted by Crippen LogP contribution is -2.32. The van der Waals surface area contributed by atoms with Gasteiger partial charge in [0.2, 0.25) is 6.04 Å². The fourth-order valence-electron chi connectivity index (χ4n) is 2.46. The number of hydrogen-bond donors (Lipinski definition) is 1. The molecule has 0 saturated heterocycles. The molecule has 1 amide bonds. The third-order valence-electron chi connectivity index (χ3n) is 3.97. The zero-order valence-corrected chi connectivity index (χ0v) is 17.4. The van der Waals surface area contributed by atoms with Crippen molar-refractivity contribution in [2.24, 2.45) is 10.2 Å². The summed E-state index contributed by atoms with van der Waals surface area (Å²) in [5.74, 6) is -0.888. The fraction of sp³-hybridized carbons (Fsp3) is 0.263. The van der Waals surface area contributed by atoms with E-state index in [0.717, 1.165) is 6.92 Å². The van der Waals surface area contributed by atoms with Crippen molar-refractivity contribution in [3.05, 3.63) is 51.0 Å². The van der Waals surface area contributed by atoms with Gasteiger partial charge < -0.3 is 14.8 Å². The molecule has 10 nitrogen and oxygen atoms in total. The van der Waals surface area contributed by atoms with Crippen LogP contribution in [-0.2, 0) is 9.59 Å². The van der Waals surface area contributed by atoms with Crippen molar-refractivity contribution in [2.75, 3.05) is 19.5 Å². The number of aryl methyl sites for hydroxylation is 1. The minimum absolute atomic E-state index is 0.0737. The summed E-state index contributed by atoms with van der Waals surface area (Å²) in [6.45, 7) is 2.85. The van der Waals surface area contributed by atoms with Crippen LogP contribution in [0.15, 0.2) is 40.6 Å². The smallest absolute Gasteiger partial charge is 0.296 e. The van der Waals surface area contributed by atoms with Crippen LogP contribution in [-0.4, -0.2) is 36.9 Å². The molecule has 0 heterocycles. The van der Waals surface area contributed by atoms with Gasteiger partial charge in [0.05, 0.1) is 29.9 Å². The molecule has 2 rings (SSSR count). The first kappa shape index (κ1) is 22.8. The molecule has 30 heavy (non-hydrogen) atoms. The topological polar surface area (TPSA) is 132 Å². The lowest BCUT2D eigenvalue weighted by Gasteiger charge is -2.14. The Morgan fingerprint density at radius 1 is 1.17 bits per heavy atom. The number of hydrogen-bond acceptors (Lipinski definition) is 8. The standard InChI is InChI=1S/C19H19ClN4O6/c1-10-5-6-13(15(7-10)24(27)28)22-23-18(11(2)25)19(26)21-14-9-16(29-3)12(20)8-17(14)30-4/h5-9,18H,1-4H3,(H,21,26). The molecular weight excluding hydrogens is 416 g/mol. The Kier molecular flexibility index (Phi) is 7.43. The van der Waals surface area contributed by atoms with Crippen molar-refractivity contribution in [3.8, 4) is 11.5 Å². The molecule has 2 aromatic carbocycles. The van der Waals surface area contributed by atoms with Crippen molar-refractivity contribution < 1.29 is 24.0 Å². The van der Waals surface area contributed by atoms with E-state index in [4.69, 9.17) is 21.1 Å². The number of nitro benzene ring substituents is 1. The van der Waals surface area contributed by atoms with Crippen molar-refractivity contribution in [3.63, 3.8) is 0 Å². The monoisotopic (exact) mass is 434 g/mol. The largest absolute Gasteiger partial charge is 0.495 e. The minimum atomic E-state index is -1.53. The SMILES string of the molecule is COc1cc(NC(=O)C(N=Nc2ccc(C)cc2[N+](=O)[O-])C(C)=O)c(OC)cc1Cl. The number of amides is 1. The van der Waals surface area contributed by atoms with E-state index in [9.17, 15) is 19.7 Å². The molecule has 1 N–H and O–H groups in total. The lowest BCUT2D eigenvalue weighted by molar-refractivity contribution is -0.384. The molecule has 1 unspecified atom stereocenters. The number of halogens is 1. The number of rotatable bonds is 8. The van der Waals surface area contributed by atoms with Gasteiger partial charge >= 0.3 is 0 Å². The first-order valence-corrected chi connectivity index (χ1v) is 8.94. The van der Waals surface area contributed by atoms with Crippen LogP contribution in [0.3, 0.4) is 0 Å². The predicted molar refractivity (Wildman–Crippen MR) is 110 cm³/mol. The first-order valence-electron chi connectivity index (χ1n) is 8.56. The van der Waals surface area contributed by atoms with E-state index in [1.54, 1.807) is 13.0 Å². The van der Waals surface area contributed by atoms with E-state index in [1.165, 1.54) is 38.5 Å². The number of azo groups is 1. The summed E-state index contributed by atoms with van der Waals surface area (Å²) in [4.78, 5) is 35.2. The first-order chi connectivity index (χ1) is 14.2. The molecule has 0 spiro atoms. The molecule has 2 aromatic rings. The molecule has 11 heteroatoms. The zero-order chi connectivity index (χ0) is 22.4. The number of ether oxygens (including phenoxy) is 2. The quantitative estimate of drug-likeness (QED) is 0.285. The van der Waals surface area contributed by atoms with E-state index >= 15 is 0 Å². The highest BCUT2D eigenvalue weighted by atomic mass is 35.5. The Labute approximate surface area is 177 Å². The lowest BCUT2D eigenvalue weighted by atomic mass is 10.2. The zero-order valence-electron chi connectivity index (χ0n) is 16.6. The van der Waals surface area contributed by atoms with Gasteiger partial charge in [-0.1, -0.05) is 17.7 Å². The van der Waals surface area contributed by atoms with Gasteiger partial charge in [0, 0.05) is 18.2 Å². The van der Waals surface area contributed by atoms with Crippen LogP contribution >= 0.6 is 11.6 Å². The number of methoxy groups -OCH3 is 2. The Morgan fingerprint density at radius 3 is 2.40 bits per heavy atom. The maximum absolute atomic E-state index is 12.7. The molecule has 0 saturated carbocycles. The Hall–Kier alpha value is -3.53. The van der Waals surface area contributed by atoms with E-state index in [1.807, 2.05) is 0 Å². The van der Waals surface area contributed by atoms with Crippen LogP contribution in [0.1, 0.15) is 12.5 Å². The van der Waals surface area contributed by atoms with Crippen molar-refractivity contribution in [1.29, 1.82) is 0 Å². The average Bonchev–Trinajstić information content (AvgIpc) is 2.69. The number of carbonyl (C=O) groups is 2. The Morgan fingerprint density at radius 2 is 1.83 bits per heavy atom. The molecule has 1 atom stereocenters. The molecule has 0 radical (unpaired) electrons. The maximum atomic E-state index is 12.7. The van der Waals surface area contributed by atoms with Crippen LogP contribution in [0.5, 0.6) is 11.5 Å². The second-order valence-electron chi connectivity index (χ2n) is 6.15. The highest BCUT2D eigenvalue weighted by Gasteiger charge is 2.25. The van der Waals surface area contributed by atoms with Crippen LogP contribution in [0.25, 0.3) is 0 Å². The van der Waals surface area contributed by atoms with E-state index in [-0.39, 0.29) is 33.6 Å². The summed E-state index contributed by atoms with van der Waals surface area (Å²) >= 11 is 6.04. The van der Waals surface area contributed by atoms with Gasteiger partial charge in [-0.25, -0.2) is 0 Å². The summed E-state index contributed by atoms with van der Waals surface area (Å²) in [5.41, 5.74) is 0.498. The number of benzene rings is 2. The summed E-state index contributed by atoms with van der Waals surface area (Å²) in [5, 5.41) is 21.5. The highest BCUT2D eigenvalue weighted by molar-refractivity contribution is 6.32. The molecular formula is C19H19ClN4O6. The van der Waals surface area contributed by atoms with E-state index in [0.29, 0.717) is 5.56 Å². The molecule has 0 aliphatic heterocycles. The minimum Gasteiger partial charge on any atom is -0.495 e. The van der Waals surface area contributed by atoms with Gasteiger partial charge in [-0.05, 0) is 25.5 Å². The van der Waals surface area contributed by atoms with Gasteiger partial charge in [-0.3, -0.25) is 19.7 Å². The van der Waals surface area contributed by atoms with Crippen molar-refractivity contribution in [2.45, 2.75) is 19.9 Å². The molecule has 0 aromatic heterocycles. The molecule has 158 valence electrons. The van der Waals surface area contributed by atoms with Crippen molar-refractivity contribution >= 4 is 40.4 Å². The van der Waals surface area contributed by atoms with Crippen molar-refractivity contribution in [1.82, 2.24) is 0 Å². The Balaban J connectivity index is 2.34. The molecule has 0 bridgehead atoms. The number of nitrogens with zero attached hydrogens (tertiary/aromatic N) is 3. The number of nitro groups is 1. The highest BCUT2D eigenvalue weighted by Crippen LogP contribution is 2.36. The van der Waals surface area contributed by atoms with Gasteiger partial charge in [0.15, 0.2) is 11.5 Å². The Bertz CT molecular complexity index is 1020. The summed E-state index contributed by atoms with van der Waals surface area (Å²) in [6, 6.07) is 5.65. The van der Waals surface area contributed by atoms with Gasteiger partial charge in [-0.2, -0.15) is 5.11 Å². The van der Waals surface area contributed by atoms with E-state index in [2.05, 4.69) is 15.5 Å². The number of ketones is 1. The van der Waals surface area contributed by atoms with Crippen LogP contribution in [0.4, 0.5) is 17.1 Å². The fourth-order valence-corrected chi connectivity index (χ4v) is 2.69. The molecule has 0 aliphatic rings. The molecule has 0 aliphatic carbocycles. The normalized spacial score (nSPS) is 11.8. The maximum Gasteiger partial charge on any atom is 0.296 e. The number of Topliss-reactive ketones (excluding diaryl/α,β-unsaturated/α-hetero) is 1. The van der Waals surface area contributed by atoms with Crippen LogP contribution in [0.2, 0.25) is 5.02 Å². The van der Waals surface area contributed by atoms with Crippen LogP contribution in [0, 0.1) is 17.0 Å². The van der Waals surface area contributed by atoms with Gasteiger partial charge in [0.1, 0.15) is 11.5 Å². The second kappa shape index (κ2) is 9.79. The predicted octanol–water partition coefficient (Wildman–Crippen LogP) is 4.25. The van der Waals surface area contributed by atoms with Crippen LogP contribution < -0.4 is 14.8 Å². The number of anilines is 1. The number of nitrogens with one attached hydrogen (secondary N) is 1.